The second kappa shape index (κ2) is 6.69. The molecule has 110 valence electrons. The molecular weight excluding hydrogens is 280 g/mol. The molecule has 2 aromatic carbocycles. The Kier molecular flexibility index (Phi) is 4.27. The molecule has 1 heterocycles. The molecule has 22 heavy (non-hydrogen) atoms. The molecule has 0 atom stereocenters. The molecule has 5 nitrogen and oxygen atoms in total. The molecule has 0 saturated carbocycles. The summed E-state index contributed by atoms with van der Waals surface area (Å²) in [6.45, 7) is 0.322. The predicted molar refractivity (Wildman–Crippen MR) is 80.6 cm³/mol. The fourth-order valence-corrected chi connectivity index (χ4v) is 1.96. The average Bonchev–Trinajstić information content (AvgIpc) is 3.10. The van der Waals surface area contributed by atoms with Crippen molar-refractivity contribution in [2.24, 2.45) is 0 Å². The van der Waals surface area contributed by atoms with Gasteiger partial charge in [0.2, 0.25) is 0 Å². The Balaban J connectivity index is 1.56. The monoisotopic (exact) mass is 294 g/mol. The van der Waals surface area contributed by atoms with Crippen LogP contribution in [0.4, 0.5) is 0 Å². The van der Waals surface area contributed by atoms with Gasteiger partial charge in [-0.3, -0.25) is 9.63 Å². The largest absolute Gasteiger partial charge is 0.444 e. The lowest BCUT2D eigenvalue weighted by atomic mass is 10.1. The molecule has 0 unspecified atom stereocenters. The van der Waals surface area contributed by atoms with E-state index in [9.17, 15) is 4.79 Å². The summed E-state index contributed by atoms with van der Waals surface area (Å²) >= 11 is 0. The predicted octanol–water partition coefficient (Wildman–Crippen LogP) is 3.20. The van der Waals surface area contributed by atoms with Crippen molar-refractivity contribution in [1.29, 1.82) is 0 Å². The van der Waals surface area contributed by atoms with E-state index in [4.69, 9.17) is 9.25 Å². The molecule has 3 aromatic rings. The number of carbonyl (C=O) groups excluding carboxylic acids is 1. The van der Waals surface area contributed by atoms with Crippen LogP contribution in [-0.4, -0.2) is 10.9 Å². The Morgan fingerprint density at radius 1 is 1.09 bits per heavy atom. The molecule has 1 amide bonds. The Bertz CT molecular complexity index is 722. The Morgan fingerprint density at radius 3 is 2.55 bits per heavy atom. The Labute approximate surface area is 127 Å². The van der Waals surface area contributed by atoms with Crippen molar-refractivity contribution >= 4 is 5.91 Å². The molecule has 5 heteroatoms. The number of hydrogen-bond donors (Lipinski definition) is 1. The third-order valence-corrected chi connectivity index (χ3v) is 3.11. The smallest absolute Gasteiger partial charge is 0.274 e. The molecular formula is C17H14N2O3. The number of amides is 1. The minimum absolute atomic E-state index is 0.292. The van der Waals surface area contributed by atoms with Crippen LogP contribution < -0.4 is 5.48 Å². The van der Waals surface area contributed by atoms with Gasteiger partial charge in [0.25, 0.3) is 5.91 Å². The van der Waals surface area contributed by atoms with Crippen molar-refractivity contribution in [2.45, 2.75) is 6.61 Å². The summed E-state index contributed by atoms with van der Waals surface area (Å²) in [5, 5.41) is 0. The number of nitrogens with zero attached hydrogens (tertiary/aromatic N) is 1. The zero-order valence-corrected chi connectivity index (χ0v) is 11.7. The number of nitrogens with one attached hydrogen (secondary N) is 1. The van der Waals surface area contributed by atoms with Crippen molar-refractivity contribution in [3.8, 4) is 11.3 Å². The minimum Gasteiger partial charge on any atom is -0.444 e. The van der Waals surface area contributed by atoms with E-state index in [1.54, 1.807) is 30.5 Å². The molecule has 0 bridgehead atoms. The van der Waals surface area contributed by atoms with Crippen molar-refractivity contribution in [2.75, 3.05) is 0 Å². The number of hydroxylamine groups is 1. The summed E-state index contributed by atoms with van der Waals surface area (Å²) in [5.74, 6) is 0.368. The summed E-state index contributed by atoms with van der Waals surface area (Å²) in [7, 11) is 0. The highest BCUT2D eigenvalue weighted by Gasteiger charge is 2.07. The maximum atomic E-state index is 12.0. The van der Waals surface area contributed by atoms with Gasteiger partial charge in [0, 0.05) is 11.1 Å². The first-order valence-corrected chi connectivity index (χ1v) is 6.78. The van der Waals surface area contributed by atoms with Gasteiger partial charge in [-0.2, -0.15) is 0 Å². The molecule has 0 fully saturated rings. The Hall–Kier alpha value is -2.92. The second-order valence-corrected chi connectivity index (χ2v) is 4.65. The summed E-state index contributed by atoms with van der Waals surface area (Å²) in [6, 6.07) is 16.6. The van der Waals surface area contributed by atoms with E-state index in [0.29, 0.717) is 17.9 Å². The molecule has 0 aliphatic carbocycles. The zero-order chi connectivity index (χ0) is 15.2. The van der Waals surface area contributed by atoms with E-state index in [1.165, 1.54) is 6.39 Å². The van der Waals surface area contributed by atoms with Gasteiger partial charge in [0.1, 0.15) is 0 Å². The number of carbonyl (C=O) groups is 1. The molecule has 0 saturated heterocycles. The van der Waals surface area contributed by atoms with Gasteiger partial charge in [0.15, 0.2) is 12.2 Å². The Morgan fingerprint density at radius 2 is 1.86 bits per heavy atom. The van der Waals surface area contributed by atoms with Crippen molar-refractivity contribution in [3.05, 3.63) is 78.3 Å². The first-order valence-electron chi connectivity index (χ1n) is 6.78. The van der Waals surface area contributed by atoms with Crippen LogP contribution in [0.15, 0.2) is 71.6 Å². The highest BCUT2D eigenvalue weighted by molar-refractivity contribution is 5.93. The first kappa shape index (κ1) is 14.0. The third kappa shape index (κ3) is 3.39. The van der Waals surface area contributed by atoms with E-state index >= 15 is 0 Å². The van der Waals surface area contributed by atoms with E-state index in [1.807, 2.05) is 30.3 Å². The van der Waals surface area contributed by atoms with Crippen LogP contribution in [-0.2, 0) is 11.4 Å². The third-order valence-electron chi connectivity index (χ3n) is 3.11. The second-order valence-electron chi connectivity index (χ2n) is 4.65. The van der Waals surface area contributed by atoms with Crippen molar-refractivity contribution in [1.82, 2.24) is 10.5 Å². The number of hydrogen-bond acceptors (Lipinski definition) is 4. The maximum Gasteiger partial charge on any atom is 0.274 e. The fraction of sp³-hybridized carbons (Fsp3) is 0.0588. The highest BCUT2D eigenvalue weighted by atomic mass is 16.6. The fourth-order valence-electron chi connectivity index (χ4n) is 1.96. The lowest BCUT2D eigenvalue weighted by Crippen LogP contribution is -2.23. The van der Waals surface area contributed by atoms with Gasteiger partial charge in [0.05, 0.1) is 12.8 Å². The summed E-state index contributed by atoms with van der Waals surface area (Å²) in [5.41, 5.74) is 4.79. The average molecular weight is 294 g/mol. The molecule has 0 spiro atoms. The quantitative estimate of drug-likeness (QED) is 0.734. The summed E-state index contributed by atoms with van der Waals surface area (Å²) in [4.78, 5) is 21.0. The van der Waals surface area contributed by atoms with Gasteiger partial charge in [-0.15, -0.1) is 0 Å². The number of oxazole rings is 1. The van der Waals surface area contributed by atoms with E-state index in [0.717, 1.165) is 11.1 Å². The SMILES string of the molecule is O=C(NOCc1ccccc1)c1ccc(-c2cnco2)cc1. The first-order chi connectivity index (χ1) is 10.8. The normalized spacial score (nSPS) is 10.4. The van der Waals surface area contributed by atoms with Gasteiger partial charge >= 0.3 is 0 Å². The summed E-state index contributed by atoms with van der Waals surface area (Å²) < 4.78 is 5.20. The zero-order valence-electron chi connectivity index (χ0n) is 11.7. The van der Waals surface area contributed by atoms with Crippen LogP contribution in [0.1, 0.15) is 15.9 Å². The lowest BCUT2D eigenvalue weighted by molar-refractivity contribution is 0.0233. The number of rotatable bonds is 5. The molecule has 0 aliphatic heterocycles. The highest BCUT2D eigenvalue weighted by Crippen LogP contribution is 2.18. The van der Waals surface area contributed by atoms with Crippen LogP contribution in [0.3, 0.4) is 0 Å². The van der Waals surface area contributed by atoms with Gasteiger partial charge in [-0.1, -0.05) is 42.5 Å². The summed E-state index contributed by atoms with van der Waals surface area (Å²) in [6.07, 6.45) is 2.99. The van der Waals surface area contributed by atoms with Crippen molar-refractivity contribution in [3.63, 3.8) is 0 Å². The molecule has 0 radical (unpaired) electrons. The van der Waals surface area contributed by atoms with Crippen LogP contribution >= 0.6 is 0 Å². The number of benzene rings is 2. The van der Waals surface area contributed by atoms with Gasteiger partial charge < -0.3 is 4.42 Å². The van der Waals surface area contributed by atoms with Gasteiger partial charge in [-0.25, -0.2) is 10.5 Å². The molecule has 3 rings (SSSR count). The topological polar surface area (TPSA) is 64.4 Å². The van der Waals surface area contributed by atoms with E-state index < -0.39 is 0 Å². The lowest BCUT2D eigenvalue weighted by Gasteiger charge is -2.06. The van der Waals surface area contributed by atoms with Crippen molar-refractivity contribution < 1.29 is 14.0 Å². The number of aromatic nitrogens is 1. The molecule has 0 aliphatic rings. The van der Waals surface area contributed by atoms with Crippen LogP contribution in [0.25, 0.3) is 11.3 Å². The van der Waals surface area contributed by atoms with Crippen LogP contribution in [0.5, 0.6) is 0 Å². The van der Waals surface area contributed by atoms with Crippen LogP contribution in [0.2, 0.25) is 0 Å². The molecule has 1 N–H and O–H groups in total. The maximum absolute atomic E-state index is 12.0. The van der Waals surface area contributed by atoms with Crippen LogP contribution in [0, 0.1) is 0 Å². The minimum atomic E-state index is -0.292. The molecule has 1 aromatic heterocycles. The van der Waals surface area contributed by atoms with Gasteiger partial charge in [-0.05, 0) is 17.7 Å². The van der Waals surface area contributed by atoms with E-state index in [-0.39, 0.29) is 5.91 Å². The van der Waals surface area contributed by atoms with E-state index in [2.05, 4.69) is 10.5 Å². The standard InChI is InChI=1S/C17H14N2O3/c20-17(19-22-11-13-4-2-1-3-5-13)15-8-6-14(7-9-15)16-10-18-12-21-16/h1-10,12H,11H2,(H,19,20).